The summed E-state index contributed by atoms with van der Waals surface area (Å²) in [5, 5.41) is 5.06. The number of hydrogen-bond donors (Lipinski definition) is 0. The van der Waals surface area contributed by atoms with Crippen molar-refractivity contribution >= 4 is 78.8 Å². The zero-order valence-electron chi connectivity index (χ0n) is 38.3. The van der Waals surface area contributed by atoms with Gasteiger partial charge < -0.3 is 9.80 Å². The molecule has 0 bridgehead atoms. The van der Waals surface area contributed by atoms with Crippen LogP contribution in [0.2, 0.25) is 0 Å². The number of fused-ring (bicyclic) bond motifs is 6. The Kier molecular flexibility index (Phi) is 9.40. The van der Waals surface area contributed by atoms with Crippen molar-refractivity contribution in [2.24, 2.45) is 0 Å². The molecule has 2 heterocycles. The van der Waals surface area contributed by atoms with E-state index in [2.05, 4.69) is 257 Å². The summed E-state index contributed by atoms with van der Waals surface area (Å²) >= 11 is 0. The molecule has 316 valence electrons. The van der Waals surface area contributed by atoms with Crippen LogP contribution in [0.5, 0.6) is 0 Å². The summed E-state index contributed by atoms with van der Waals surface area (Å²) in [5.41, 5.74) is 21.2. The molecule has 10 aromatic carbocycles. The van der Waals surface area contributed by atoms with Gasteiger partial charge in [-0.25, -0.2) is 0 Å². The molecule has 0 saturated heterocycles. The van der Waals surface area contributed by atoms with Gasteiger partial charge in [-0.3, -0.25) is 0 Å². The van der Waals surface area contributed by atoms with Crippen molar-refractivity contribution in [2.75, 3.05) is 9.80 Å². The molecule has 2 aliphatic heterocycles. The molecule has 0 radical (unpaired) electrons. The van der Waals surface area contributed by atoms with Crippen LogP contribution in [0, 0.1) is 0 Å². The minimum atomic E-state index is -0.0124. The van der Waals surface area contributed by atoms with Crippen LogP contribution < -0.4 is 26.2 Å². The van der Waals surface area contributed by atoms with Crippen molar-refractivity contribution in [3.63, 3.8) is 0 Å². The Hall–Kier alpha value is -7.62. The molecule has 0 unspecified atom stereocenters. The van der Waals surface area contributed by atoms with Gasteiger partial charge in [0.05, 0.1) is 0 Å². The molecule has 0 fully saturated rings. The van der Waals surface area contributed by atoms with Crippen LogP contribution in [-0.2, 0) is 5.41 Å². The number of rotatable bonds is 6. The molecule has 3 heteroatoms. The Labute approximate surface area is 389 Å². The van der Waals surface area contributed by atoms with Crippen molar-refractivity contribution in [1.29, 1.82) is 0 Å². The molecule has 12 rings (SSSR count). The first-order valence-electron chi connectivity index (χ1n) is 23.5. The lowest BCUT2D eigenvalue weighted by Crippen LogP contribution is -2.61. The molecular weight excluding hydrogens is 796 g/mol. The molecular formula is C63H51BN2. The van der Waals surface area contributed by atoms with Crippen molar-refractivity contribution in [1.82, 2.24) is 0 Å². The van der Waals surface area contributed by atoms with Gasteiger partial charge in [-0.15, -0.1) is 0 Å². The molecule has 0 N–H and O–H groups in total. The number of benzene rings is 10. The highest BCUT2D eigenvalue weighted by molar-refractivity contribution is 7.00. The van der Waals surface area contributed by atoms with Gasteiger partial charge in [0.1, 0.15) is 0 Å². The van der Waals surface area contributed by atoms with Gasteiger partial charge in [0.25, 0.3) is 6.71 Å². The van der Waals surface area contributed by atoms with Crippen molar-refractivity contribution in [3.8, 4) is 33.4 Å². The summed E-state index contributed by atoms with van der Waals surface area (Å²) in [6.07, 6.45) is 0. The van der Waals surface area contributed by atoms with Gasteiger partial charge >= 0.3 is 0 Å². The van der Waals surface area contributed by atoms with Crippen LogP contribution in [0.4, 0.5) is 34.1 Å². The van der Waals surface area contributed by atoms with Gasteiger partial charge in [-0.05, 0) is 148 Å². The first kappa shape index (κ1) is 39.9. The summed E-state index contributed by atoms with van der Waals surface area (Å²) < 4.78 is 0. The fourth-order valence-corrected chi connectivity index (χ4v) is 10.9. The van der Waals surface area contributed by atoms with Crippen LogP contribution in [0.1, 0.15) is 51.7 Å². The zero-order valence-corrected chi connectivity index (χ0v) is 38.3. The van der Waals surface area contributed by atoms with E-state index < -0.39 is 0 Å². The average molecular weight is 847 g/mol. The lowest BCUT2D eigenvalue weighted by atomic mass is 9.33. The van der Waals surface area contributed by atoms with E-state index in [1.54, 1.807) is 0 Å². The van der Waals surface area contributed by atoms with E-state index in [9.17, 15) is 0 Å². The van der Waals surface area contributed by atoms with E-state index in [1.807, 2.05) is 0 Å². The molecule has 0 atom stereocenters. The first-order valence-corrected chi connectivity index (χ1v) is 23.5. The minimum absolute atomic E-state index is 0.0124. The van der Waals surface area contributed by atoms with Crippen LogP contribution in [0.25, 0.3) is 54.9 Å². The molecule has 0 spiro atoms. The highest BCUT2D eigenvalue weighted by Crippen LogP contribution is 2.49. The number of anilines is 6. The van der Waals surface area contributed by atoms with Gasteiger partial charge in [-0.1, -0.05) is 192 Å². The molecule has 0 amide bonds. The van der Waals surface area contributed by atoms with Crippen molar-refractivity contribution in [3.05, 3.63) is 223 Å². The van der Waals surface area contributed by atoms with Crippen LogP contribution in [0.3, 0.4) is 0 Å². The van der Waals surface area contributed by atoms with Gasteiger partial charge in [0, 0.05) is 34.1 Å². The van der Waals surface area contributed by atoms with Gasteiger partial charge in [0.2, 0.25) is 0 Å². The number of nitrogens with zero attached hydrogens (tertiary/aromatic N) is 2. The fraction of sp³-hybridized carbons (Fsp3) is 0.111. The van der Waals surface area contributed by atoms with E-state index in [0.29, 0.717) is 5.92 Å². The van der Waals surface area contributed by atoms with Gasteiger partial charge in [0.15, 0.2) is 0 Å². The third kappa shape index (κ3) is 6.40. The predicted molar refractivity (Wildman–Crippen MR) is 285 cm³/mol. The lowest BCUT2D eigenvalue weighted by Gasteiger charge is -2.44. The maximum Gasteiger partial charge on any atom is 0.252 e. The molecule has 10 aromatic rings. The summed E-state index contributed by atoms with van der Waals surface area (Å²) in [4.78, 5) is 5.06. The van der Waals surface area contributed by atoms with Crippen LogP contribution in [-0.4, -0.2) is 6.71 Å². The largest absolute Gasteiger partial charge is 0.311 e. The Bertz CT molecular complexity index is 3420. The molecule has 2 nitrogen and oxygen atoms in total. The second-order valence-corrected chi connectivity index (χ2v) is 19.5. The summed E-state index contributed by atoms with van der Waals surface area (Å²) in [6, 6.07) is 79.6. The quantitative estimate of drug-likeness (QED) is 0.122. The van der Waals surface area contributed by atoms with E-state index in [4.69, 9.17) is 0 Å². The minimum Gasteiger partial charge on any atom is -0.311 e. The zero-order chi connectivity index (χ0) is 44.7. The lowest BCUT2D eigenvalue weighted by molar-refractivity contribution is 0.591. The molecule has 0 aromatic heterocycles. The predicted octanol–water partition coefficient (Wildman–Crippen LogP) is 15.5. The average Bonchev–Trinajstić information content (AvgIpc) is 3.35. The molecule has 66 heavy (non-hydrogen) atoms. The second-order valence-electron chi connectivity index (χ2n) is 19.5. The standard InChI is InChI=1S/C63H51BN2/c1-41(2)43-35-44(37-46(36-43)61-52-29-17-15-27-50(52)60(42-21-9-6-10-22-42)51-28-16-18-30-53(51)61)45-38-58-62-59(39-45)66(49-25-13-8-14-26-49)57-34-33-47(63(3,4)5)40-55(57)64(62)54-31-19-20-32-56(54)65(58)48-23-11-7-12-24-48/h6-41H,1-5H3. The second kappa shape index (κ2) is 15.5. The number of para-hydroxylation sites is 3. The van der Waals surface area contributed by atoms with Crippen LogP contribution in [0.15, 0.2) is 212 Å². The first-order chi connectivity index (χ1) is 32.2. The normalized spacial score (nSPS) is 13.0. The summed E-state index contributed by atoms with van der Waals surface area (Å²) in [5.74, 6) is 0.308. The summed E-state index contributed by atoms with van der Waals surface area (Å²) in [7, 11) is 0. The third-order valence-electron chi connectivity index (χ3n) is 14.1. The Morgan fingerprint density at radius 2 is 0.833 bits per heavy atom. The molecule has 0 saturated carbocycles. The van der Waals surface area contributed by atoms with E-state index in [-0.39, 0.29) is 12.1 Å². The molecule has 2 aliphatic rings. The highest BCUT2D eigenvalue weighted by atomic mass is 15.2. The Morgan fingerprint density at radius 1 is 0.379 bits per heavy atom. The van der Waals surface area contributed by atoms with Crippen LogP contribution >= 0.6 is 0 Å². The SMILES string of the molecule is CC(C)c1cc(-c2cc3c4c(c2)N(c2ccccc2)c2ccc(C(C)(C)C)cc2B4c2ccccc2N3c2ccccc2)cc(-c2c3ccccc3c(-c3ccccc3)c3ccccc23)c1. The topological polar surface area (TPSA) is 6.48 Å². The van der Waals surface area contributed by atoms with Crippen molar-refractivity contribution in [2.45, 2.75) is 46.0 Å². The Balaban J connectivity index is 1.17. The van der Waals surface area contributed by atoms with Crippen molar-refractivity contribution < 1.29 is 0 Å². The van der Waals surface area contributed by atoms with E-state index in [1.165, 1.54) is 105 Å². The van der Waals surface area contributed by atoms with E-state index in [0.717, 1.165) is 11.4 Å². The molecule has 0 aliphatic carbocycles. The number of hydrogen-bond acceptors (Lipinski definition) is 2. The smallest absolute Gasteiger partial charge is 0.252 e. The maximum atomic E-state index is 2.54. The Morgan fingerprint density at radius 3 is 1.38 bits per heavy atom. The van der Waals surface area contributed by atoms with E-state index >= 15 is 0 Å². The summed E-state index contributed by atoms with van der Waals surface area (Å²) in [6.45, 7) is 11.7. The maximum absolute atomic E-state index is 2.54. The fourth-order valence-electron chi connectivity index (χ4n) is 10.9. The van der Waals surface area contributed by atoms with Gasteiger partial charge in [-0.2, -0.15) is 0 Å². The third-order valence-corrected chi connectivity index (χ3v) is 14.1. The highest BCUT2D eigenvalue weighted by Gasteiger charge is 2.44. The monoisotopic (exact) mass is 846 g/mol.